The van der Waals surface area contributed by atoms with Crippen LogP contribution in [0.4, 0.5) is 0 Å². The first-order chi connectivity index (χ1) is 6.40. The minimum Gasteiger partial charge on any atom is -0.308 e. The average Bonchev–Trinajstić information content (AvgIpc) is 2.71. The standard InChI is InChI=1S/C12H11N/c13-9-10-5-7-12(8-6-10)11-3-1-2-4-11/h1-9,11,13H. The monoisotopic (exact) mass is 169 g/mol. The summed E-state index contributed by atoms with van der Waals surface area (Å²) < 4.78 is 0. The summed E-state index contributed by atoms with van der Waals surface area (Å²) >= 11 is 0. The largest absolute Gasteiger partial charge is 0.308 e. The highest BCUT2D eigenvalue weighted by Crippen LogP contribution is 2.22. The molecule has 13 heavy (non-hydrogen) atoms. The molecule has 0 saturated carbocycles. The molecule has 0 unspecified atom stereocenters. The molecular formula is C12H11N. The Morgan fingerprint density at radius 1 is 1.00 bits per heavy atom. The van der Waals surface area contributed by atoms with Crippen LogP contribution in [0.1, 0.15) is 17.0 Å². The summed E-state index contributed by atoms with van der Waals surface area (Å²) in [5.74, 6) is 0.430. The molecule has 1 aliphatic carbocycles. The van der Waals surface area contributed by atoms with Crippen LogP contribution in [-0.4, -0.2) is 6.21 Å². The first kappa shape index (κ1) is 7.99. The number of nitrogens with one attached hydrogen (secondary N) is 1. The van der Waals surface area contributed by atoms with E-state index in [4.69, 9.17) is 5.41 Å². The van der Waals surface area contributed by atoms with Gasteiger partial charge in [-0.2, -0.15) is 0 Å². The van der Waals surface area contributed by atoms with Crippen molar-refractivity contribution in [3.63, 3.8) is 0 Å². The van der Waals surface area contributed by atoms with Gasteiger partial charge in [-0.25, -0.2) is 0 Å². The zero-order valence-corrected chi connectivity index (χ0v) is 7.27. The Balaban J connectivity index is 2.27. The summed E-state index contributed by atoms with van der Waals surface area (Å²) in [4.78, 5) is 0. The number of rotatable bonds is 2. The first-order valence-corrected chi connectivity index (χ1v) is 4.35. The molecule has 1 aromatic rings. The summed E-state index contributed by atoms with van der Waals surface area (Å²) in [5, 5.41) is 7.07. The van der Waals surface area contributed by atoms with Crippen molar-refractivity contribution in [1.29, 1.82) is 5.41 Å². The molecule has 1 nitrogen and oxygen atoms in total. The number of benzene rings is 1. The van der Waals surface area contributed by atoms with Crippen LogP contribution in [-0.2, 0) is 0 Å². The van der Waals surface area contributed by atoms with Gasteiger partial charge in [0.15, 0.2) is 0 Å². The lowest BCUT2D eigenvalue weighted by molar-refractivity contribution is 1.10. The first-order valence-electron chi connectivity index (χ1n) is 4.35. The van der Waals surface area contributed by atoms with Crippen molar-refractivity contribution in [2.24, 2.45) is 0 Å². The molecule has 1 heteroatoms. The topological polar surface area (TPSA) is 23.9 Å². The summed E-state index contributed by atoms with van der Waals surface area (Å²) in [6, 6.07) is 8.10. The molecule has 0 spiro atoms. The fourth-order valence-electron chi connectivity index (χ4n) is 1.47. The molecule has 0 saturated heterocycles. The molecule has 1 N–H and O–H groups in total. The van der Waals surface area contributed by atoms with Gasteiger partial charge in [-0.05, 0) is 11.1 Å². The second kappa shape index (κ2) is 3.40. The molecule has 0 atom stereocenters. The summed E-state index contributed by atoms with van der Waals surface area (Å²) in [5.41, 5.74) is 2.24. The van der Waals surface area contributed by atoms with Crippen LogP contribution >= 0.6 is 0 Å². The van der Waals surface area contributed by atoms with Crippen molar-refractivity contribution in [3.8, 4) is 0 Å². The third-order valence-corrected chi connectivity index (χ3v) is 2.24. The minimum absolute atomic E-state index is 0.430. The molecule has 1 aromatic carbocycles. The van der Waals surface area contributed by atoms with Gasteiger partial charge in [-0.1, -0.05) is 48.6 Å². The molecule has 0 heterocycles. The van der Waals surface area contributed by atoms with Gasteiger partial charge in [0.25, 0.3) is 0 Å². The quantitative estimate of drug-likeness (QED) is 0.658. The van der Waals surface area contributed by atoms with E-state index in [-0.39, 0.29) is 0 Å². The molecule has 2 rings (SSSR count). The molecule has 0 amide bonds. The van der Waals surface area contributed by atoms with Gasteiger partial charge in [-0.15, -0.1) is 0 Å². The molecule has 0 bridgehead atoms. The maximum Gasteiger partial charge on any atom is 0.0250 e. The van der Waals surface area contributed by atoms with Crippen LogP contribution in [0.25, 0.3) is 0 Å². The second-order valence-electron chi connectivity index (χ2n) is 3.11. The van der Waals surface area contributed by atoms with Gasteiger partial charge in [0.2, 0.25) is 0 Å². The zero-order chi connectivity index (χ0) is 9.10. The third kappa shape index (κ3) is 1.59. The van der Waals surface area contributed by atoms with Crippen molar-refractivity contribution in [2.45, 2.75) is 5.92 Å². The predicted octanol–water partition coefficient (Wildman–Crippen LogP) is 2.89. The Labute approximate surface area is 77.9 Å². The minimum atomic E-state index is 0.430. The maximum absolute atomic E-state index is 7.07. The maximum atomic E-state index is 7.07. The molecule has 0 radical (unpaired) electrons. The van der Waals surface area contributed by atoms with Gasteiger partial charge < -0.3 is 5.41 Å². The van der Waals surface area contributed by atoms with Crippen LogP contribution in [0.3, 0.4) is 0 Å². The molecule has 0 aromatic heterocycles. The molecule has 0 aliphatic heterocycles. The van der Waals surface area contributed by atoms with E-state index in [1.807, 2.05) is 12.1 Å². The van der Waals surface area contributed by atoms with E-state index in [1.165, 1.54) is 11.8 Å². The van der Waals surface area contributed by atoms with E-state index in [2.05, 4.69) is 36.4 Å². The lowest BCUT2D eigenvalue weighted by atomic mass is 10.00. The normalized spacial score (nSPS) is 15.1. The lowest BCUT2D eigenvalue weighted by Crippen LogP contribution is -1.89. The van der Waals surface area contributed by atoms with E-state index in [0.717, 1.165) is 5.56 Å². The van der Waals surface area contributed by atoms with Gasteiger partial charge in [-0.3, -0.25) is 0 Å². The van der Waals surface area contributed by atoms with Crippen LogP contribution < -0.4 is 0 Å². The van der Waals surface area contributed by atoms with Gasteiger partial charge in [0, 0.05) is 12.1 Å². The summed E-state index contributed by atoms with van der Waals surface area (Å²) in [6.45, 7) is 0. The van der Waals surface area contributed by atoms with Crippen molar-refractivity contribution in [2.75, 3.05) is 0 Å². The van der Waals surface area contributed by atoms with E-state index in [1.54, 1.807) is 0 Å². The third-order valence-electron chi connectivity index (χ3n) is 2.24. The van der Waals surface area contributed by atoms with Crippen LogP contribution in [0, 0.1) is 5.41 Å². The Bertz CT molecular complexity index is 345. The highest BCUT2D eigenvalue weighted by atomic mass is 14.3. The van der Waals surface area contributed by atoms with Crippen molar-refractivity contribution in [3.05, 3.63) is 59.7 Å². The molecular weight excluding hydrogens is 158 g/mol. The Hall–Kier alpha value is -1.63. The highest BCUT2D eigenvalue weighted by molar-refractivity contribution is 5.76. The van der Waals surface area contributed by atoms with Crippen LogP contribution in [0.5, 0.6) is 0 Å². The molecule has 0 fully saturated rings. The molecule has 64 valence electrons. The average molecular weight is 169 g/mol. The number of hydrogen-bond donors (Lipinski definition) is 1. The van der Waals surface area contributed by atoms with Crippen molar-refractivity contribution >= 4 is 6.21 Å². The predicted molar refractivity (Wildman–Crippen MR) is 55.3 cm³/mol. The fourth-order valence-corrected chi connectivity index (χ4v) is 1.47. The van der Waals surface area contributed by atoms with E-state index < -0.39 is 0 Å². The van der Waals surface area contributed by atoms with E-state index >= 15 is 0 Å². The summed E-state index contributed by atoms with van der Waals surface area (Å²) in [7, 11) is 0. The highest BCUT2D eigenvalue weighted by Gasteiger charge is 2.05. The van der Waals surface area contributed by atoms with E-state index in [0.29, 0.717) is 5.92 Å². The van der Waals surface area contributed by atoms with Crippen LogP contribution in [0.15, 0.2) is 48.6 Å². The fraction of sp³-hybridized carbons (Fsp3) is 0.0833. The van der Waals surface area contributed by atoms with Crippen molar-refractivity contribution in [1.82, 2.24) is 0 Å². The zero-order valence-electron chi connectivity index (χ0n) is 7.27. The second-order valence-corrected chi connectivity index (χ2v) is 3.11. The Morgan fingerprint density at radius 3 is 2.15 bits per heavy atom. The number of hydrogen-bond acceptors (Lipinski definition) is 1. The number of allylic oxidation sites excluding steroid dienone is 4. The SMILES string of the molecule is N=Cc1ccc(C2C=CC=C2)cc1. The smallest absolute Gasteiger partial charge is 0.0250 e. The summed E-state index contributed by atoms with van der Waals surface area (Å²) in [6.07, 6.45) is 9.83. The van der Waals surface area contributed by atoms with Crippen molar-refractivity contribution < 1.29 is 0 Å². The molecule has 1 aliphatic rings. The van der Waals surface area contributed by atoms with Gasteiger partial charge in [0.1, 0.15) is 0 Å². The van der Waals surface area contributed by atoms with Gasteiger partial charge in [0.05, 0.1) is 0 Å². The van der Waals surface area contributed by atoms with Gasteiger partial charge >= 0.3 is 0 Å². The Kier molecular flexibility index (Phi) is 2.09. The van der Waals surface area contributed by atoms with Crippen LogP contribution in [0.2, 0.25) is 0 Å². The van der Waals surface area contributed by atoms with E-state index in [9.17, 15) is 0 Å². The Morgan fingerprint density at radius 2 is 1.62 bits per heavy atom. The lowest BCUT2D eigenvalue weighted by Gasteiger charge is -2.05.